The Morgan fingerprint density at radius 2 is 2.00 bits per heavy atom. The van der Waals surface area contributed by atoms with Crippen molar-refractivity contribution in [2.75, 3.05) is 13.2 Å². The minimum atomic E-state index is -0.963. The zero-order valence-electron chi connectivity index (χ0n) is 10.2. The Morgan fingerprint density at radius 3 is 2.59 bits per heavy atom. The van der Waals surface area contributed by atoms with Gasteiger partial charge in [-0.3, -0.25) is 0 Å². The molecule has 1 N–H and O–H groups in total. The quantitative estimate of drug-likeness (QED) is 0.833. The summed E-state index contributed by atoms with van der Waals surface area (Å²) in [5.41, 5.74) is 0.533. The van der Waals surface area contributed by atoms with Gasteiger partial charge in [0.05, 0.1) is 6.61 Å². The van der Waals surface area contributed by atoms with E-state index >= 15 is 0 Å². The summed E-state index contributed by atoms with van der Waals surface area (Å²) in [6, 6.07) is 2.52. The van der Waals surface area contributed by atoms with E-state index in [4.69, 9.17) is 9.84 Å². The van der Waals surface area contributed by atoms with Gasteiger partial charge in [0.15, 0.2) is 11.6 Å². The highest BCUT2D eigenvalue weighted by molar-refractivity contribution is 5.31. The van der Waals surface area contributed by atoms with Gasteiger partial charge in [-0.05, 0) is 36.5 Å². The van der Waals surface area contributed by atoms with Gasteiger partial charge in [0.2, 0.25) is 5.82 Å². The van der Waals surface area contributed by atoms with Crippen molar-refractivity contribution in [2.45, 2.75) is 26.7 Å². The normalized spacial score (nSPS) is 10.9. The van der Waals surface area contributed by atoms with Crippen molar-refractivity contribution in [3.8, 4) is 5.75 Å². The summed E-state index contributed by atoms with van der Waals surface area (Å²) in [7, 11) is 0. The van der Waals surface area contributed by atoms with Crippen LogP contribution in [0.1, 0.15) is 25.8 Å². The Hall–Kier alpha value is -1.16. The van der Waals surface area contributed by atoms with Crippen LogP contribution < -0.4 is 4.74 Å². The molecule has 1 aromatic rings. The van der Waals surface area contributed by atoms with Gasteiger partial charge in [0.25, 0.3) is 0 Å². The minimum absolute atomic E-state index is 0.0749. The molecule has 1 aromatic carbocycles. The van der Waals surface area contributed by atoms with E-state index in [0.29, 0.717) is 18.1 Å². The molecule has 0 unspecified atom stereocenters. The molecule has 0 amide bonds. The molecule has 0 aliphatic carbocycles. The van der Waals surface area contributed by atoms with Gasteiger partial charge < -0.3 is 9.84 Å². The number of rotatable bonds is 6. The second-order valence-corrected chi connectivity index (χ2v) is 4.39. The largest absolute Gasteiger partial charge is 0.490 e. The van der Waals surface area contributed by atoms with Crippen LogP contribution in [-0.4, -0.2) is 18.3 Å². The van der Waals surface area contributed by atoms with Crippen LogP contribution in [0, 0.1) is 17.6 Å². The summed E-state index contributed by atoms with van der Waals surface area (Å²) < 4.78 is 31.8. The number of halogens is 2. The summed E-state index contributed by atoms with van der Waals surface area (Å²) >= 11 is 0. The van der Waals surface area contributed by atoms with Gasteiger partial charge in [0, 0.05) is 6.61 Å². The van der Waals surface area contributed by atoms with Gasteiger partial charge in [0.1, 0.15) is 0 Å². The van der Waals surface area contributed by atoms with E-state index in [1.807, 2.05) is 13.8 Å². The van der Waals surface area contributed by atoms with Crippen LogP contribution in [0.25, 0.3) is 0 Å². The van der Waals surface area contributed by atoms with Crippen LogP contribution in [0.3, 0.4) is 0 Å². The maximum Gasteiger partial charge on any atom is 0.200 e. The molecule has 0 atom stereocenters. The van der Waals surface area contributed by atoms with E-state index in [2.05, 4.69) is 0 Å². The third kappa shape index (κ3) is 4.30. The van der Waals surface area contributed by atoms with Crippen molar-refractivity contribution in [1.82, 2.24) is 0 Å². The lowest BCUT2D eigenvalue weighted by atomic mass is 10.1. The third-order valence-electron chi connectivity index (χ3n) is 2.41. The van der Waals surface area contributed by atoms with Crippen LogP contribution >= 0.6 is 0 Å². The van der Waals surface area contributed by atoms with E-state index in [0.717, 1.165) is 12.5 Å². The van der Waals surface area contributed by atoms with Crippen molar-refractivity contribution in [2.24, 2.45) is 5.92 Å². The fraction of sp³-hybridized carbons (Fsp3) is 0.538. The molecule has 0 aromatic heterocycles. The molecular formula is C13H18F2O2. The first-order chi connectivity index (χ1) is 8.04. The maximum atomic E-state index is 13.4. The van der Waals surface area contributed by atoms with Gasteiger partial charge in [-0.15, -0.1) is 0 Å². The Morgan fingerprint density at radius 1 is 1.29 bits per heavy atom. The highest BCUT2D eigenvalue weighted by atomic mass is 19.2. The van der Waals surface area contributed by atoms with E-state index < -0.39 is 11.6 Å². The van der Waals surface area contributed by atoms with E-state index in [9.17, 15) is 8.78 Å². The van der Waals surface area contributed by atoms with E-state index in [-0.39, 0.29) is 18.8 Å². The Balaban J connectivity index is 2.75. The molecule has 0 aliphatic heterocycles. The average Bonchev–Trinajstić information content (AvgIpc) is 2.24. The number of aliphatic hydroxyl groups excluding tert-OH is 1. The highest BCUT2D eigenvalue weighted by Gasteiger charge is 2.12. The van der Waals surface area contributed by atoms with Crippen molar-refractivity contribution in [3.05, 3.63) is 29.3 Å². The summed E-state index contributed by atoms with van der Waals surface area (Å²) in [6.45, 7) is 4.32. The van der Waals surface area contributed by atoms with Crippen LogP contribution in [0.15, 0.2) is 12.1 Å². The summed E-state index contributed by atoms with van der Waals surface area (Å²) in [6.07, 6.45) is 1.07. The first-order valence-corrected chi connectivity index (χ1v) is 5.76. The molecule has 4 heteroatoms. The van der Waals surface area contributed by atoms with E-state index in [1.165, 1.54) is 6.07 Å². The summed E-state index contributed by atoms with van der Waals surface area (Å²) in [5.74, 6) is -1.52. The first-order valence-electron chi connectivity index (χ1n) is 5.76. The molecule has 2 nitrogen and oxygen atoms in total. The fourth-order valence-corrected chi connectivity index (χ4v) is 1.40. The molecule has 0 saturated heterocycles. The number of hydrogen-bond donors (Lipinski definition) is 1. The number of benzene rings is 1. The fourth-order valence-electron chi connectivity index (χ4n) is 1.40. The lowest BCUT2D eigenvalue weighted by Crippen LogP contribution is -2.05. The predicted octanol–water partition coefficient (Wildman–Crippen LogP) is 2.92. The van der Waals surface area contributed by atoms with Crippen LogP contribution in [0.2, 0.25) is 0 Å². The number of aliphatic hydroxyl groups is 1. The van der Waals surface area contributed by atoms with Crippen LogP contribution in [-0.2, 0) is 6.42 Å². The van der Waals surface area contributed by atoms with Gasteiger partial charge >= 0.3 is 0 Å². The monoisotopic (exact) mass is 244 g/mol. The molecule has 0 heterocycles. The van der Waals surface area contributed by atoms with Gasteiger partial charge in [-0.2, -0.15) is 4.39 Å². The Labute approximate surface area is 100 Å². The molecule has 1 rings (SSSR count). The molecule has 0 fully saturated rings. The molecule has 17 heavy (non-hydrogen) atoms. The standard InChI is InChI=1S/C13H18F2O2/c1-9(2)4-6-17-12-8-10(3-5-16)7-11(14)13(12)15/h7-9,16H,3-6H2,1-2H3. The zero-order chi connectivity index (χ0) is 12.8. The Kier molecular flexibility index (Phi) is 5.35. The second-order valence-electron chi connectivity index (χ2n) is 4.39. The summed E-state index contributed by atoms with van der Waals surface area (Å²) in [4.78, 5) is 0. The number of ether oxygens (including phenoxy) is 1. The molecular weight excluding hydrogens is 226 g/mol. The highest BCUT2D eigenvalue weighted by Crippen LogP contribution is 2.23. The molecule has 96 valence electrons. The first kappa shape index (κ1) is 13.9. The van der Waals surface area contributed by atoms with Crippen molar-refractivity contribution < 1.29 is 18.6 Å². The van der Waals surface area contributed by atoms with Gasteiger partial charge in [-0.25, -0.2) is 4.39 Å². The SMILES string of the molecule is CC(C)CCOc1cc(CCO)cc(F)c1F. The lowest BCUT2D eigenvalue weighted by Gasteiger charge is -2.11. The van der Waals surface area contributed by atoms with E-state index in [1.54, 1.807) is 0 Å². The zero-order valence-corrected chi connectivity index (χ0v) is 10.2. The molecule has 0 radical (unpaired) electrons. The topological polar surface area (TPSA) is 29.5 Å². The predicted molar refractivity (Wildman–Crippen MR) is 62.1 cm³/mol. The molecule has 0 spiro atoms. The van der Waals surface area contributed by atoms with Crippen molar-refractivity contribution in [1.29, 1.82) is 0 Å². The smallest absolute Gasteiger partial charge is 0.200 e. The second kappa shape index (κ2) is 6.55. The lowest BCUT2D eigenvalue weighted by molar-refractivity contribution is 0.271. The molecule has 0 bridgehead atoms. The third-order valence-corrected chi connectivity index (χ3v) is 2.41. The van der Waals surface area contributed by atoms with Gasteiger partial charge in [-0.1, -0.05) is 13.8 Å². The summed E-state index contributed by atoms with van der Waals surface area (Å²) in [5, 5.41) is 8.76. The minimum Gasteiger partial charge on any atom is -0.490 e. The van der Waals surface area contributed by atoms with Crippen LogP contribution in [0.4, 0.5) is 8.78 Å². The Bertz CT molecular complexity index is 365. The van der Waals surface area contributed by atoms with Crippen molar-refractivity contribution in [3.63, 3.8) is 0 Å². The van der Waals surface area contributed by atoms with Crippen LogP contribution in [0.5, 0.6) is 5.75 Å². The van der Waals surface area contributed by atoms with Crippen molar-refractivity contribution >= 4 is 0 Å². The molecule has 0 aliphatic rings. The maximum absolute atomic E-state index is 13.4. The number of hydrogen-bond acceptors (Lipinski definition) is 2. The average molecular weight is 244 g/mol. The molecule has 0 saturated carbocycles.